The van der Waals surface area contributed by atoms with Gasteiger partial charge in [-0.3, -0.25) is 0 Å². The highest BCUT2D eigenvalue weighted by Gasteiger charge is 2.27. The molecule has 0 aliphatic heterocycles. The van der Waals surface area contributed by atoms with Gasteiger partial charge in [-0.05, 0) is 56.1 Å². The minimum absolute atomic E-state index is 0.149. The lowest BCUT2D eigenvalue weighted by Crippen LogP contribution is -2.28. The van der Waals surface area contributed by atoms with Crippen molar-refractivity contribution >= 4 is 5.97 Å². The van der Waals surface area contributed by atoms with E-state index in [4.69, 9.17) is 4.74 Å². The summed E-state index contributed by atoms with van der Waals surface area (Å²) >= 11 is 0. The molecule has 1 aromatic carbocycles. The van der Waals surface area contributed by atoms with E-state index >= 15 is 0 Å². The van der Waals surface area contributed by atoms with Crippen LogP contribution >= 0.6 is 0 Å². The summed E-state index contributed by atoms with van der Waals surface area (Å²) in [6.07, 6.45) is 7.36. The summed E-state index contributed by atoms with van der Waals surface area (Å²) in [6.45, 7) is 3.96. The fourth-order valence-electron chi connectivity index (χ4n) is 3.70. The van der Waals surface area contributed by atoms with Crippen molar-refractivity contribution in [3.63, 3.8) is 0 Å². The van der Waals surface area contributed by atoms with Crippen LogP contribution < -0.4 is 0 Å². The summed E-state index contributed by atoms with van der Waals surface area (Å²) in [4.78, 5) is 20.6. The minimum Gasteiger partial charge on any atom is -0.460 e. The van der Waals surface area contributed by atoms with E-state index in [2.05, 4.69) is 34.2 Å². The Hall–Kier alpha value is -2.30. The topological polar surface area (TPSA) is 52.1 Å². The molecule has 1 fully saturated rings. The molecule has 3 rings (SSSR count). The van der Waals surface area contributed by atoms with Gasteiger partial charge < -0.3 is 4.74 Å². The molecule has 0 saturated heterocycles. The van der Waals surface area contributed by atoms with E-state index in [9.17, 15) is 9.18 Å². The van der Waals surface area contributed by atoms with Gasteiger partial charge in [0.05, 0.1) is 0 Å². The molecule has 150 valence electrons. The van der Waals surface area contributed by atoms with Crippen molar-refractivity contribution in [3.05, 3.63) is 47.8 Å². The highest BCUT2D eigenvalue weighted by Crippen LogP contribution is 2.35. The fraction of sp³-hybridized carbons (Fsp3) is 0.522. The predicted molar refractivity (Wildman–Crippen MR) is 108 cm³/mol. The smallest absolute Gasteiger partial charge is 0.340 e. The van der Waals surface area contributed by atoms with E-state index < -0.39 is 12.1 Å². The predicted octanol–water partition coefficient (Wildman–Crippen LogP) is 5.55. The van der Waals surface area contributed by atoms with Crippen LogP contribution in [0.15, 0.2) is 36.7 Å². The maximum absolute atomic E-state index is 13.8. The van der Waals surface area contributed by atoms with Crippen molar-refractivity contribution in [1.29, 1.82) is 0 Å². The molecule has 1 aliphatic carbocycles. The lowest BCUT2D eigenvalue weighted by Gasteiger charge is -2.29. The van der Waals surface area contributed by atoms with Crippen molar-refractivity contribution < 1.29 is 13.9 Å². The molecule has 0 spiro atoms. The Morgan fingerprint density at radius 3 is 2.39 bits per heavy atom. The monoisotopic (exact) mass is 384 g/mol. The Kier molecular flexibility index (Phi) is 7.12. The SMILES string of the molecule is CCCC[C@H](F)C(=O)OC1CCC(c2ccc(-c3ncc(C)cn3)cc2)CC1. The first-order valence-electron chi connectivity index (χ1n) is 10.3. The van der Waals surface area contributed by atoms with Crippen LogP contribution in [0.4, 0.5) is 4.39 Å². The van der Waals surface area contributed by atoms with Gasteiger partial charge >= 0.3 is 5.97 Å². The van der Waals surface area contributed by atoms with Gasteiger partial charge in [-0.1, -0.05) is 44.0 Å². The quantitative estimate of drug-likeness (QED) is 0.587. The Labute approximate surface area is 166 Å². The molecule has 0 radical (unpaired) electrons. The van der Waals surface area contributed by atoms with Crippen LogP contribution in [0.25, 0.3) is 11.4 Å². The number of aryl methyl sites for hydroxylation is 1. The van der Waals surface area contributed by atoms with Crippen molar-refractivity contribution in [2.75, 3.05) is 0 Å². The average Bonchev–Trinajstić information content (AvgIpc) is 2.73. The van der Waals surface area contributed by atoms with E-state index in [1.165, 1.54) is 5.56 Å². The molecular formula is C23H29FN2O2. The lowest BCUT2D eigenvalue weighted by atomic mass is 9.82. The molecule has 0 unspecified atom stereocenters. The summed E-state index contributed by atoms with van der Waals surface area (Å²) < 4.78 is 19.2. The second kappa shape index (κ2) is 9.76. The number of hydrogen-bond acceptors (Lipinski definition) is 4. The lowest BCUT2D eigenvalue weighted by molar-refractivity contribution is -0.157. The van der Waals surface area contributed by atoms with Crippen molar-refractivity contribution in [3.8, 4) is 11.4 Å². The highest BCUT2D eigenvalue weighted by molar-refractivity contribution is 5.74. The molecule has 28 heavy (non-hydrogen) atoms. The number of carbonyl (C=O) groups is 1. The molecule has 2 aromatic rings. The molecule has 1 atom stereocenters. The number of hydrogen-bond donors (Lipinski definition) is 0. The summed E-state index contributed by atoms with van der Waals surface area (Å²) in [5, 5.41) is 0. The largest absolute Gasteiger partial charge is 0.460 e. The normalized spacial score (nSPS) is 20.5. The van der Waals surface area contributed by atoms with Crippen molar-refractivity contribution in [1.82, 2.24) is 9.97 Å². The van der Waals surface area contributed by atoms with Crippen molar-refractivity contribution in [2.45, 2.75) is 77.0 Å². The number of nitrogens with zero attached hydrogens (tertiary/aromatic N) is 2. The number of aromatic nitrogens is 2. The molecule has 1 aliphatic rings. The van der Waals surface area contributed by atoms with E-state index in [0.29, 0.717) is 12.3 Å². The van der Waals surface area contributed by atoms with Crippen LogP contribution in [0.5, 0.6) is 0 Å². The second-order valence-corrected chi connectivity index (χ2v) is 7.73. The van der Waals surface area contributed by atoms with E-state index in [-0.39, 0.29) is 12.5 Å². The molecule has 0 bridgehead atoms. The number of rotatable bonds is 7. The number of benzene rings is 1. The zero-order valence-electron chi connectivity index (χ0n) is 16.7. The maximum atomic E-state index is 13.8. The van der Waals surface area contributed by atoms with E-state index in [0.717, 1.165) is 49.1 Å². The summed E-state index contributed by atoms with van der Waals surface area (Å²) in [5.74, 6) is 0.500. The van der Waals surface area contributed by atoms with Gasteiger partial charge in [0.2, 0.25) is 0 Å². The third-order valence-corrected chi connectivity index (χ3v) is 5.45. The summed E-state index contributed by atoms with van der Waals surface area (Å²) in [7, 11) is 0. The van der Waals surface area contributed by atoms with Crippen molar-refractivity contribution in [2.24, 2.45) is 0 Å². The first-order chi connectivity index (χ1) is 13.6. The van der Waals surface area contributed by atoms with Crippen LogP contribution in [0, 0.1) is 6.92 Å². The number of carbonyl (C=O) groups excluding carboxylic acids is 1. The molecule has 0 N–H and O–H groups in total. The first-order valence-corrected chi connectivity index (χ1v) is 10.3. The summed E-state index contributed by atoms with van der Waals surface area (Å²) in [5.41, 5.74) is 3.33. The number of ether oxygens (including phenoxy) is 1. The highest BCUT2D eigenvalue weighted by atomic mass is 19.1. The van der Waals surface area contributed by atoms with Gasteiger partial charge in [0.15, 0.2) is 12.0 Å². The van der Waals surface area contributed by atoms with Crippen LogP contribution in [-0.4, -0.2) is 28.2 Å². The maximum Gasteiger partial charge on any atom is 0.340 e. The first kappa shape index (κ1) is 20.4. The minimum atomic E-state index is -1.48. The van der Waals surface area contributed by atoms with Gasteiger partial charge in [0.1, 0.15) is 6.10 Å². The number of unbranched alkanes of at least 4 members (excludes halogenated alkanes) is 1. The molecule has 1 saturated carbocycles. The van der Waals surface area contributed by atoms with E-state index in [1.807, 2.05) is 26.2 Å². The molecule has 5 heteroatoms. The third-order valence-electron chi connectivity index (χ3n) is 5.45. The summed E-state index contributed by atoms with van der Waals surface area (Å²) in [6, 6.07) is 8.40. The Bertz CT molecular complexity index is 753. The van der Waals surface area contributed by atoms with Crippen LogP contribution in [0.2, 0.25) is 0 Å². The van der Waals surface area contributed by atoms with Crippen LogP contribution in [0.1, 0.15) is 68.9 Å². The zero-order valence-corrected chi connectivity index (χ0v) is 16.7. The molecule has 1 aromatic heterocycles. The third kappa shape index (κ3) is 5.37. The number of alkyl halides is 1. The van der Waals surface area contributed by atoms with Gasteiger partial charge in [-0.25, -0.2) is 19.2 Å². The van der Waals surface area contributed by atoms with Gasteiger partial charge in [0.25, 0.3) is 0 Å². The molecule has 0 amide bonds. The van der Waals surface area contributed by atoms with Gasteiger partial charge in [0, 0.05) is 18.0 Å². The Balaban J connectivity index is 1.51. The van der Waals surface area contributed by atoms with Gasteiger partial charge in [-0.15, -0.1) is 0 Å². The van der Waals surface area contributed by atoms with E-state index in [1.54, 1.807) is 0 Å². The molecule has 1 heterocycles. The second-order valence-electron chi connectivity index (χ2n) is 7.73. The Morgan fingerprint density at radius 2 is 1.79 bits per heavy atom. The molecular weight excluding hydrogens is 355 g/mol. The van der Waals surface area contributed by atoms with Crippen LogP contribution in [0.3, 0.4) is 0 Å². The number of esters is 1. The van der Waals surface area contributed by atoms with Gasteiger partial charge in [-0.2, -0.15) is 0 Å². The zero-order chi connectivity index (χ0) is 19.9. The standard InChI is InChI=1S/C23H29FN2O2/c1-3-4-5-21(24)23(27)28-20-12-10-18(11-13-20)17-6-8-19(9-7-17)22-25-14-16(2)15-26-22/h6-9,14-15,18,20-21H,3-5,10-13H2,1-2H3/t18?,20?,21-/m0/s1. The number of halogens is 1. The average molecular weight is 384 g/mol. The molecule has 4 nitrogen and oxygen atoms in total. The fourth-order valence-corrected chi connectivity index (χ4v) is 3.70. The van der Waals surface area contributed by atoms with Crippen LogP contribution in [-0.2, 0) is 9.53 Å². The Morgan fingerprint density at radius 1 is 1.14 bits per heavy atom.